The third-order valence-corrected chi connectivity index (χ3v) is 5.46. The third kappa shape index (κ3) is 5.26. The van der Waals surface area contributed by atoms with Gasteiger partial charge in [-0.1, -0.05) is 36.4 Å². The van der Waals surface area contributed by atoms with Crippen LogP contribution in [0.3, 0.4) is 0 Å². The van der Waals surface area contributed by atoms with Crippen molar-refractivity contribution < 1.29 is 14.0 Å². The number of para-hydroxylation sites is 1. The number of amides is 2. The van der Waals surface area contributed by atoms with E-state index in [2.05, 4.69) is 15.6 Å². The Kier molecular flexibility index (Phi) is 6.24. The minimum atomic E-state index is -0.282. The van der Waals surface area contributed by atoms with Crippen molar-refractivity contribution in [2.45, 2.75) is 19.9 Å². The molecule has 2 N–H and O–H groups in total. The zero-order valence-corrected chi connectivity index (χ0v) is 17.7. The second-order valence-electron chi connectivity index (χ2n) is 6.98. The second-order valence-corrected chi connectivity index (χ2v) is 8.04. The van der Waals surface area contributed by atoms with Crippen molar-refractivity contribution in [3.05, 3.63) is 94.2 Å². The zero-order chi connectivity index (χ0) is 21.6. The van der Waals surface area contributed by atoms with Crippen LogP contribution in [0.5, 0.6) is 0 Å². The number of aryl methyl sites for hydroxylation is 1. The molecule has 2 aromatic carbocycles. The largest absolute Gasteiger partial charge is 0.467 e. The molecular formula is C24H21N3O3S. The highest BCUT2D eigenvalue weighted by atomic mass is 32.1. The average molecular weight is 432 g/mol. The molecule has 0 spiro atoms. The van der Waals surface area contributed by atoms with E-state index in [1.54, 1.807) is 54.0 Å². The highest BCUT2D eigenvalue weighted by Gasteiger charge is 2.14. The smallest absolute Gasteiger partial charge is 0.253 e. The molecule has 0 aliphatic carbocycles. The number of thiazole rings is 1. The number of hydrogen-bond donors (Lipinski definition) is 2. The lowest BCUT2D eigenvalue weighted by molar-refractivity contribution is -0.115. The molecule has 0 aliphatic heterocycles. The van der Waals surface area contributed by atoms with E-state index < -0.39 is 0 Å². The average Bonchev–Trinajstić information content (AvgIpc) is 3.45. The number of furan rings is 1. The molecule has 31 heavy (non-hydrogen) atoms. The zero-order valence-electron chi connectivity index (χ0n) is 16.9. The van der Waals surface area contributed by atoms with Gasteiger partial charge in [-0.3, -0.25) is 9.59 Å². The number of anilines is 1. The molecule has 6 nitrogen and oxygen atoms in total. The van der Waals surface area contributed by atoms with Gasteiger partial charge in [0.2, 0.25) is 5.91 Å². The van der Waals surface area contributed by atoms with E-state index in [0.29, 0.717) is 17.0 Å². The Morgan fingerprint density at radius 1 is 1.03 bits per heavy atom. The SMILES string of the molecule is Cc1nc(-c2ccc(CC(=O)Nc3ccccc3C(=O)NCc3ccco3)cc2)cs1. The van der Waals surface area contributed by atoms with E-state index in [1.807, 2.05) is 36.6 Å². The minimum absolute atomic E-state index is 0.191. The van der Waals surface area contributed by atoms with Gasteiger partial charge in [0.1, 0.15) is 5.76 Å². The standard InChI is InChI=1S/C24H21N3O3S/c1-16-26-22(15-31-16)18-10-8-17(9-11-18)13-23(28)27-21-7-3-2-6-20(21)24(29)25-14-19-5-4-12-30-19/h2-12,15H,13-14H2,1H3,(H,25,29)(H,27,28). The van der Waals surface area contributed by atoms with Gasteiger partial charge in [-0.15, -0.1) is 11.3 Å². The van der Waals surface area contributed by atoms with Gasteiger partial charge < -0.3 is 15.1 Å². The lowest BCUT2D eigenvalue weighted by atomic mass is 10.1. The molecule has 4 aromatic rings. The quantitative estimate of drug-likeness (QED) is 0.439. The summed E-state index contributed by atoms with van der Waals surface area (Å²) < 4.78 is 5.23. The predicted molar refractivity (Wildman–Crippen MR) is 121 cm³/mol. The van der Waals surface area contributed by atoms with Crippen molar-refractivity contribution in [1.29, 1.82) is 0 Å². The van der Waals surface area contributed by atoms with Crippen molar-refractivity contribution in [2.24, 2.45) is 0 Å². The van der Waals surface area contributed by atoms with Gasteiger partial charge in [0, 0.05) is 10.9 Å². The van der Waals surface area contributed by atoms with Gasteiger partial charge in [-0.05, 0) is 36.8 Å². The topological polar surface area (TPSA) is 84.2 Å². The van der Waals surface area contributed by atoms with E-state index in [0.717, 1.165) is 21.8 Å². The maximum Gasteiger partial charge on any atom is 0.253 e. The Hall–Kier alpha value is -3.71. The Bertz CT molecular complexity index is 1180. The summed E-state index contributed by atoms with van der Waals surface area (Å²) in [4.78, 5) is 29.6. The van der Waals surface area contributed by atoms with Gasteiger partial charge in [0.25, 0.3) is 5.91 Å². The predicted octanol–water partition coefficient (Wildman–Crippen LogP) is 4.82. The first-order chi connectivity index (χ1) is 15.1. The molecule has 2 heterocycles. The van der Waals surface area contributed by atoms with Gasteiger partial charge in [-0.25, -0.2) is 4.98 Å². The first-order valence-corrected chi connectivity index (χ1v) is 10.7. The highest BCUT2D eigenvalue weighted by molar-refractivity contribution is 7.09. The summed E-state index contributed by atoms with van der Waals surface area (Å²) >= 11 is 1.61. The number of aromatic nitrogens is 1. The van der Waals surface area contributed by atoms with Gasteiger partial charge in [0.05, 0.1) is 41.2 Å². The third-order valence-electron chi connectivity index (χ3n) is 4.68. The second kappa shape index (κ2) is 9.40. The lowest BCUT2D eigenvalue weighted by Gasteiger charge is -2.11. The Morgan fingerprint density at radius 3 is 2.55 bits per heavy atom. The van der Waals surface area contributed by atoms with E-state index in [9.17, 15) is 9.59 Å². The molecular weight excluding hydrogens is 410 g/mol. The number of benzene rings is 2. The molecule has 0 fully saturated rings. The maximum absolute atomic E-state index is 12.6. The fraction of sp³-hybridized carbons (Fsp3) is 0.125. The molecule has 2 aromatic heterocycles. The molecule has 0 bridgehead atoms. The van der Waals surface area contributed by atoms with Crippen LogP contribution < -0.4 is 10.6 Å². The molecule has 0 aliphatic rings. The number of nitrogens with zero attached hydrogens (tertiary/aromatic N) is 1. The summed E-state index contributed by atoms with van der Waals surface area (Å²) in [6.07, 6.45) is 1.76. The van der Waals surface area contributed by atoms with E-state index in [-0.39, 0.29) is 24.8 Å². The minimum Gasteiger partial charge on any atom is -0.467 e. The monoisotopic (exact) mass is 431 g/mol. The van der Waals surface area contributed by atoms with Crippen LogP contribution in [0.15, 0.2) is 76.7 Å². The summed E-state index contributed by atoms with van der Waals surface area (Å²) in [6, 6.07) is 18.3. The van der Waals surface area contributed by atoms with Crippen LogP contribution in [-0.2, 0) is 17.8 Å². The molecule has 0 unspecified atom stereocenters. The molecule has 0 radical (unpaired) electrons. The number of hydrogen-bond acceptors (Lipinski definition) is 5. The van der Waals surface area contributed by atoms with Crippen molar-refractivity contribution >= 4 is 28.8 Å². The van der Waals surface area contributed by atoms with Crippen molar-refractivity contribution in [3.63, 3.8) is 0 Å². The normalized spacial score (nSPS) is 10.6. The summed E-state index contributed by atoms with van der Waals surface area (Å²) in [5.74, 6) is 0.185. The number of carbonyl (C=O) groups is 2. The fourth-order valence-electron chi connectivity index (χ4n) is 3.14. The molecule has 4 rings (SSSR count). The summed E-state index contributed by atoms with van der Waals surface area (Å²) in [5, 5.41) is 8.69. The van der Waals surface area contributed by atoms with Crippen LogP contribution in [0.2, 0.25) is 0 Å². The van der Waals surface area contributed by atoms with Crippen molar-refractivity contribution in [2.75, 3.05) is 5.32 Å². The first kappa shape index (κ1) is 20.6. The highest BCUT2D eigenvalue weighted by Crippen LogP contribution is 2.22. The Balaban J connectivity index is 1.39. The molecule has 2 amide bonds. The van der Waals surface area contributed by atoms with Gasteiger partial charge in [0.15, 0.2) is 0 Å². The van der Waals surface area contributed by atoms with Crippen LogP contribution in [0.25, 0.3) is 11.3 Å². The van der Waals surface area contributed by atoms with Crippen LogP contribution in [-0.4, -0.2) is 16.8 Å². The molecule has 156 valence electrons. The Labute approximate surface area is 184 Å². The van der Waals surface area contributed by atoms with Crippen LogP contribution in [0.4, 0.5) is 5.69 Å². The number of carbonyl (C=O) groups excluding carboxylic acids is 2. The lowest BCUT2D eigenvalue weighted by Crippen LogP contribution is -2.25. The fourth-order valence-corrected chi connectivity index (χ4v) is 3.76. The molecule has 0 saturated carbocycles. The van der Waals surface area contributed by atoms with Gasteiger partial charge in [-0.2, -0.15) is 0 Å². The van der Waals surface area contributed by atoms with Gasteiger partial charge >= 0.3 is 0 Å². The van der Waals surface area contributed by atoms with E-state index >= 15 is 0 Å². The van der Waals surface area contributed by atoms with Crippen LogP contribution in [0, 0.1) is 6.92 Å². The summed E-state index contributed by atoms with van der Waals surface area (Å²) in [7, 11) is 0. The molecule has 0 saturated heterocycles. The first-order valence-electron chi connectivity index (χ1n) is 9.79. The van der Waals surface area contributed by atoms with Crippen LogP contribution in [0.1, 0.15) is 26.7 Å². The number of nitrogens with one attached hydrogen (secondary N) is 2. The maximum atomic E-state index is 12.6. The van der Waals surface area contributed by atoms with Crippen molar-refractivity contribution in [1.82, 2.24) is 10.3 Å². The van der Waals surface area contributed by atoms with E-state index in [4.69, 9.17) is 4.42 Å². The Morgan fingerprint density at radius 2 is 1.84 bits per heavy atom. The molecule has 0 atom stereocenters. The summed E-state index contributed by atoms with van der Waals surface area (Å²) in [5.41, 5.74) is 3.71. The number of rotatable bonds is 7. The van der Waals surface area contributed by atoms with E-state index in [1.165, 1.54) is 0 Å². The van der Waals surface area contributed by atoms with Crippen LogP contribution >= 0.6 is 11.3 Å². The van der Waals surface area contributed by atoms with Crippen molar-refractivity contribution in [3.8, 4) is 11.3 Å². The molecule has 7 heteroatoms. The summed E-state index contributed by atoms with van der Waals surface area (Å²) in [6.45, 7) is 2.25.